The highest BCUT2D eigenvalue weighted by atomic mass is 35.5. The predicted molar refractivity (Wildman–Crippen MR) is 129 cm³/mol. The van der Waals surface area contributed by atoms with E-state index in [1.807, 2.05) is 19.1 Å². The maximum Gasteiger partial charge on any atom is 0.161 e. The quantitative estimate of drug-likeness (QED) is 0.428. The Morgan fingerprint density at radius 1 is 0.933 bits per heavy atom. The van der Waals surface area contributed by atoms with Gasteiger partial charge in [-0.3, -0.25) is 0 Å². The number of nitrogens with zero attached hydrogens (tertiary/aromatic N) is 1. The standard InChI is InChI=1S/C23H31ClN2O2.2ClH/c1-2-27-22-14-18(15-25-20-8-6-4-3-5-7-9-20)10-12-21(22)28-17-19-11-13-23(24)26-16-19;;/h10-14,16,20,25H,2-9,15,17H2,1H3;2*1H. The van der Waals surface area contributed by atoms with Gasteiger partial charge in [0.25, 0.3) is 0 Å². The summed E-state index contributed by atoms with van der Waals surface area (Å²) in [5.41, 5.74) is 2.20. The maximum atomic E-state index is 5.97. The topological polar surface area (TPSA) is 43.4 Å². The van der Waals surface area contributed by atoms with Crippen LogP contribution in [0.25, 0.3) is 0 Å². The second-order valence-corrected chi connectivity index (χ2v) is 7.80. The van der Waals surface area contributed by atoms with Gasteiger partial charge in [0.2, 0.25) is 0 Å². The van der Waals surface area contributed by atoms with Crippen molar-refractivity contribution in [3.63, 3.8) is 0 Å². The summed E-state index contributed by atoms with van der Waals surface area (Å²) in [7, 11) is 0. The normalized spacial score (nSPS) is 14.6. The third kappa shape index (κ3) is 8.89. The summed E-state index contributed by atoms with van der Waals surface area (Å²) in [6, 6.07) is 10.5. The summed E-state index contributed by atoms with van der Waals surface area (Å²) < 4.78 is 11.8. The predicted octanol–water partition coefficient (Wildman–Crippen LogP) is 6.76. The number of nitrogens with one attached hydrogen (secondary N) is 1. The van der Waals surface area contributed by atoms with Crippen molar-refractivity contribution in [3.05, 3.63) is 52.8 Å². The highest BCUT2D eigenvalue weighted by Gasteiger charge is 2.12. The zero-order valence-electron chi connectivity index (χ0n) is 17.6. The van der Waals surface area contributed by atoms with Crippen LogP contribution in [0.2, 0.25) is 5.15 Å². The number of pyridine rings is 1. The van der Waals surface area contributed by atoms with E-state index >= 15 is 0 Å². The minimum absolute atomic E-state index is 0. The van der Waals surface area contributed by atoms with E-state index in [4.69, 9.17) is 21.1 Å². The van der Waals surface area contributed by atoms with Crippen LogP contribution >= 0.6 is 36.4 Å². The number of halogens is 3. The molecule has 1 aromatic heterocycles. The van der Waals surface area contributed by atoms with E-state index in [1.165, 1.54) is 50.5 Å². The molecule has 1 heterocycles. The van der Waals surface area contributed by atoms with Crippen molar-refractivity contribution < 1.29 is 9.47 Å². The second-order valence-electron chi connectivity index (χ2n) is 7.41. The first-order chi connectivity index (χ1) is 13.7. The van der Waals surface area contributed by atoms with Crippen LogP contribution in [0.5, 0.6) is 11.5 Å². The van der Waals surface area contributed by atoms with Gasteiger partial charge in [-0.25, -0.2) is 4.98 Å². The number of ether oxygens (including phenoxy) is 2. The second kappa shape index (κ2) is 14.7. The summed E-state index contributed by atoms with van der Waals surface area (Å²) in [6.07, 6.45) is 11.1. The Morgan fingerprint density at radius 3 is 2.30 bits per heavy atom. The van der Waals surface area contributed by atoms with E-state index in [-0.39, 0.29) is 24.8 Å². The van der Waals surface area contributed by atoms with E-state index in [0.717, 1.165) is 23.6 Å². The molecule has 1 saturated carbocycles. The fourth-order valence-electron chi connectivity index (χ4n) is 3.63. The molecule has 1 aliphatic carbocycles. The molecule has 30 heavy (non-hydrogen) atoms. The van der Waals surface area contributed by atoms with Crippen LogP contribution in [-0.2, 0) is 13.2 Å². The van der Waals surface area contributed by atoms with Gasteiger partial charge in [-0.15, -0.1) is 24.8 Å². The van der Waals surface area contributed by atoms with Crippen molar-refractivity contribution in [2.45, 2.75) is 71.1 Å². The molecule has 0 saturated heterocycles. The summed E-state index contributed by atoms with van der Waals surface area (Å²) in [4.78, 5) is 4.09. The van der Waals surface area contributed by atoms with Crippen molar-refractivity contribution in [2.75, 3.05) is 6.61 Å². The van der Waals surface area contributed by atoms with Crippen molar-refractivity contribution in [1.82, 2.24) is 10.3 Å². The third-order valence-corrected chi connectivity index (χ3v) is 5.41. The molecule has 0 bridgehead atoms. The molecule has 1 N–H and O–H groups in total. The van der Waals surface area contributed by atoms with E-state index in [2.05, 4.69) is 22.4 Å². The zero-order valence-corrected chi connectivity index (χ0v) is 20.0. The molecule has 1 fully saturated rings. The maximum absolute atomic E-state index is 5.97. The van der Waals surface area contributed by atoms with Gasteiger partial charge in [0.15, 0.2) is 11.5 Å². The molecule has 0 unspecified atom stereocenters. The minimum Gasteiger partial charge on any atom is -0.490 e. The van der Waals surface area contributed by atoms with Gasteiger partial charge in [0, 0.05) is 24.3 Å². The van der Waals surface area contributed by atoms with Crippen molar-refractivity contribution in [3.8, 4) is 11.5 Å². The molecular formula is C23H33Cl3N2O2. The van der Waals surface area contributed by atoms with Crippen LogP contribution in [-0.4, -0.2) is 17.6 Å². The Hall–Kier alpha value is -1.20. The van der Waals surface area contributed by atoms with Gasteiger partial charge < -0.3 is 14.8 Å². The first-order valence-electron chi connectivity index (χ1n) is 10.5. The smallest absolute Gasteiger partial charge is 0.161 e. The van der Waals surface area contributed by atoms with E-state index in [1.54, 1.807) is 12.3 Å². The molecule has 3 rings (SSSR count). The molecule has 0 amide bonds. The van der Waals surface area contributed by atoms with Gasteiger partial charge in [-0.1, -0.05) is 55.8 Å². The van der Waals surface area contributed by atoms with Crippen molar-refractivity contribution >= 4 is 36.4 Å². The van der Waals surface area contributed by atoms with Gasteiger partial charge in [-0.2, -0.15) is 0 Å². The molecule has 0 aliphatic heterocycles. The Bertz CT molecular complexity index is 721. The van der Waals surface area contributed by atoms with E-state index < -0.39 is 0 Å². The minimum atomic E-state index is 0. The van der Waals surface area contributed by atoms with Crippen molar-refractivity contribution in [1.29, 1.82) is 0 Å². The molecule has 4 nitrogen and oxygen atoms in total. The number of rotatable bonds is 8. The molecule has 1 aromatic carbocycles. The van der Waals surface area contributed by atoms with Crippen LogP contribution in [0.4, 0.5) is 0 Å². The summed E-state index contributed by atoms with van der Waals surface area (Å²) in [6.45, 7) is 3.90. The zero-order chi connectivity index (χ0) is 19.6. The fraction of sp³-hybridized carbons (Fsp3) is 0.522. The lowest BCUT2D eigenvalue weighted by atomic mass is 9.96. The lowest BCUT2D eigenvalue weighted by Gasteiger charge is -2.21. The molecule has 0 radical (unpaired) electrons. The summed E-state index contributed by atoms with van der Waals surface area (Å²) in [5, 5.41) is 4.23. The Morgan fingerprint density at radius 2 is 1.63 bits per heavy atom. The SMILES string of the molecule is CCOc1cc(CNC2CCCCCCC2)ccc1OCc1ccc(Cl)nc1.Cl.Cl. The molecule has 7 heteroatoms. The van der Waals surface area contributed by atoms with Gasteiger partial charge in [0.05, 0.1) is 6.61 Å². The largest absolute Gasteiger partial charge is 0.490 e. The number of hydrogen-bond acceptors (Lipinski definition) is 4. The van der Waals surface area contributed by atoms with E-state index in [0.29, 0.717) is 24.4 Å². The monoisotopic (exact) mass is 474 g/mol. The number of aromatic nitrogens is 1. The average Bonchev–Trinajstić information content (AvgIpc) is 2.68. The lowest BCUT2D eigenvalue weighted by molar-refractivity contribution is 0.268. The highest BCUT2D eigenvalue weighted by molar-refractivity contribution is 6.29. The highest BCUT2D eigenvalue weighted by Crippen LogP contribution is 2.29. The van der Waals surface area contributed by atoms with Gasteiger partial charge in [0.1, 0.15) is 11.8 Å². The van der Waals surface area contributed by atoms with Crippen molar-refractivity contribution in [2.24, 2.45) is 0 Å². The third-order valence-electron chi connectivity index (χ3n) is 5.19. The molecule has 168 valence electrons. The van der Waals surface area contributed by atoms with Crippen LogP contribution in [0.1, 0.15) is 63.0 Å². The van der Waals surface area contributed by atoms with Crippen LogP contribution in [0, 0.1) is 0 Å². The van der Waals surface area contributed by atoms with Crippen LogP contribution in [0.15, 0.2) is 36.5 Å². The molecule has 2 aromatic rings. The van der Waals surface area contributed by atoms with Crippen LogP contribution in [0.3, 0.4) is 0 Å². The van der Waals surface area contributed by atoms with Crippen LogP contribution < -0.4 is 14.8 Å². The fourth-order valence-corrected chi connectivity index (χ4v) is 3.74. The Kier molecular flexibility index (Phi) is 13.2. The Balaban J connectivity index is 0.00000225. The molecular weight excluding hydrogens is 443 g/mol. The lowest BCUT2D eigenvalue weighted by Crippen LogP contribution is -2.29. The van der Waals surface area contributed by atoms with Gasteiger partial charge >= 0.3 is 0 Å². The summed E-state index contributed by atoms with van der Waals surface area (Å²) >= 11 is 5.84. The average molecular weight is 476 g/mol. The van der Waals surface area contributed by atoms with E-state index in [9.17, 15) is 0 Å². The molecule has 0 atom stereocenters. The summed E-state index contributed by atoms with van der Waals surface area (Å²) in [5.74, 6) is 1.55. The first-order valence-corrected chi connectivity index (χ1v) is 10.8. The Labute approximate surface area is 197 Å². The number of hydrogen-bond donors (Lipinski definition) is 1. The first kappa shape index (κ1) is 26.8. The number of benzene rings is 1. The van der Waals surface area contributed by atoms with Gasteiger partial charge in [-0.05, 0) is 43.5 Å². The molecule has 0 spiro atoms. The molecule has 1 aliphatic rings.